The van der Waals surface area contributed by atoms with E-state index in [2.05, 4.69) is 0 Å². The monoisotopic (exact) mass is 465 g/mol. The molecule has 1 fully saturated rings. The van der Waals surface area contributed by atoms with Crippen molar-refractivity contribution in [3.05, 3.63) is 94.1 Å². The van der Waals surface area contributed by atoms with Crippen LogP contribution in [0.15, 0.2) is 71.6 Å². The van der Waals surface area contributed by atoms with Crippen LogP contribution in [0.4, 0.5) is 10.1 Å². The Morgan fingerprint density at radius 3 is 2.59 bits per heavy atom. The molecule has 32 heavy (non-hydrogen) atoms. The van der Waals surface area contributed by atoms with Crippen LogP contribution in [0.25, 0.3) is 6.08 Å². The normalized spacial score (nSPS) is 14.8. The highest BCUT2D eigenvalue weighted by atomic mass is 32.2. The van der Waals surface area contributed by atoms with E-state index in [4.69, 9.17) is 21.7 Å². The van der Waals surface area contributed by atoms with Crippen molar-refractivity contribution in [2.24, 2.45) is 0 Å². The molecule has 7 heteroatoms. The van der Waals surface area contributed by atoms with Gasteiger partial charge in [0.05, 0.1) is 17.7 Å². The van der Waals surface area contributed by atoms with Gasteiger partial charge in [-0.05, 0) is 43.3 Å². The van der Waals surface area contributed by atoms with Gasteiger partial charge in [0, 0.05) is 11.1 Å². The number of para-hydroxylation sites is 2. The van der Waals surface area contributed by atoms with Gasteiger partial charge < -0.3 is 9.47 Å². The number of hydrogen-bond donors (Lipinski definition) is 0. The number of amides is 1. The van der Waals surface area contributed by atoms with Crippen molar-refractivity contribution in [3.8, 4) is 11.5 Å². The third-order valence-electron chi connectivity index (χ3n) is 4.91. The summed E-state index contributed by atoms with van der Waals surface area (Å²) in [5.41, 5.74) is 2.79. The first kappa shape index (κ1) is 22.0. The summed E-state index contributed by atoms with van der Waals surface area (Å²) < 4.78 is 25.7. The van der Waals surface area contributed by atoms with E-state index in [1.165, 1.54) is 22.7 Å². The van der Waals surface area contributed by atoms with Gasteiger partial charge in [0.15, 0.2) is 4.32 Å². The van der Waals surface area contributed by atoms with E-state index in [9.17, 15) is 9.18 Å². The second-order valence-corrected chi connectivity index (χ2v) is 8.79. The first-order valence-corrected chi connectivity index (χ1v) is 11.1. The van der Waals surface area contributed by atoms with Crippen LogP contribution in [0.3, 0.4) is 0 Å². The largest absolute Gasteiger partial charge is 0.495 e. The third kappa shape index (κ3) is 4.54. The van der Waals surface area contributed by atoms with Crippen LogP contribution in [-0.2, 0) is 11.4 Å². The van der Waals surface area contributed by atoms with Crippen LogP contribution in [0.1, 0.15) is 16.7 Å². The Bertz CT molecular complexity index is 1230. The Labute approximate surface area is 195 Å². The number of benzene rings is 3. The number of rotatable bonds is 6. The predicted octanol–water partition coefficient (Wildman–Crippen LogP) is 6.13. The van der Waals surface area contributed by atoms with E-state index in [1.54, 1.807) is 43.5 Å². The van der Waals surface area contributed by atoms with Gasteiger partial charge >= 0.3 is 0 Å². The molecule has 0 bridgehead atoms. The molecule has 0 unspecified atom stereocenters. The molecule has 0 aromatic heterocycles. The zero-order valence-electron chi connectivity index (χ0n) is 17.5. The molecule has 1 aliphatic rings. The molecule has 0 aliphatic carbocycles. The zero-order valence-corrected chi connectivity index (χ0v) is 19.1. The maximum atomic E-state index is 14.0. The summed E-state index contributed by atoms with van der Waals surface area (Å²) in [6.45, 7) is 2.04. The number of nitrogens with zero attached hydrogens (tertiary/aromatic N) is 1. The van der Waals surface area contributed by atoms with Crippen molar-refractivity contribution >= 4 is 46.0 Å². The van der Waals surface area contributed by atoms with Crippen LogP contribution < -0.4 is 14.4 Å². The minimum absolute atomic E-state index is 0.0821. The van der Waals surface area contributed by atoms with Crippen molar-refractivity contribution in [1.29, 1.82) is 0 Å². The van der Waals surface area contributed by atoms with Crippen molar-refractivity contribution in [1.82, 2.24) is 0 Å². The van der Waals surface area contributed by atoms with Gasteiger partial charge in [0.2, 0.25) is 0 Å². The van der Waals surface area contributed by atoms with E-state index in [0.717, 1.165) is 11.1 Å². The minimum atomic E-state index is -0.321. The number of thioether (sulfide) groups is 1. The maximum absolute atomic E-state index is 14.0. The summed E-state index contributed by atoms with van der Waals surface area (Å²) in [7, 11) is 1.55. The highest BCUT2D eigenvalue weighted by molar-refractivity contribution is 8.27. The van der Waals surface area contributed by atoms with Crippen molar-refractivity contribution < 1.29 is 18.7 Å². The maximum Gasteiger partial charge on any atom is 0.270 e. The molecule has 0 saturated carbocycles. The standard InChI is InChI=1S/C25H20FNO3S2/c1-16-11-12-21(30-15-17-7-3-4-8-19(17)26)18(13-16)14-23-24(28)27(25(31)32-23)20-9-5-6-10-22(20)29-2/h3-14H,15H2,1-2H3/b23-14-. The molecule has 0 radical (unpaired) electrons. The topological polar surface area (TPSA) is 38.8 Å². The number of hydrogen-bond acceptors (Lipinski definition) is 5. The van der Waals surface area contributed by atoms with E-state index in [-0.39, 0.29) is 18.3 Å². The quantitative estimate of drug-likeness (QED) is 0.324. The number of carbonyl (C=O) groups is 1. The van der Waals surface area contributed by atoms with Crippen molar-refractivity contribution in [2.75, 3.05) is 12.0 Å². The predicted molar refractivity (Wildman–Crippen MR) is 131 cm³/mol. The van der Waals surface area contributed by atoms with E-state index < -0.39 is 0 Å². The number of aryl methyl sites for hydroxylation is 1. The van der Waals surface area contributed by atoms with Crippen LogP contribution >= 0.6 is 24.0 Å². The summed E-state index contributed by atoms with van der Waals surface area (Å²) in [6, 6.07) is 19.4. The lowest BCUT2D eigenvalue weighted by Crippen LogP contribution is -2.27. The molecule has 4 rings (SSSR count). The smallest absolute Gasteiger partial charge is 0.270 e. The summed E-state index contributed by atoms with van der Waals surface area (Å²) in [5, 5.41) is 0. The van der Waals surface area contributed by atoms with Crippen LogP contribution in [0, 0.1) is 12.7 Å². The molecule has 1 heterocycles. The first-order chi connectivity index (χ1) is 15.5. The lowest BCUT2D eigenvalue weighted by atomic mass is 10.1. The second-order valence-electron chi connectivity index (χ2n) is 7.11. The molecule has 1 amide bonds. The first-order valence-electron chi connectivity index (χ1n) is 9.86. The molecule has 1 saturated heterocycles. The van der Waals surface area contributed by atoms with Gasteiger partial charge in [0.1, 0.15) is 23.9 Å². The number of methoxy groups -OCH3 is 1. The molecule has 4 nitrogen and oxygen atoms in total. The van der Waals surface area contributed by atoms with Gasteiger partial charge in [-0.1, -0.05) is 65.9 Å². The van der Waals surface area contributed by atoms with Gasteiger partial charge in [-0.2, -0.15) is 0 Å². The lowest BCUT2D eigenvalue weighted by Gasteiger charge is -2.17. The van der Waals surface area contributed by atoms with Gasteiger partial charge in [-0.3, -0.25) is 9.69 Å². The van der Waals surface area contributed by atoms with Crippen LogP contribution in [0.2, 0.25) is 0 Å². The summed E-state index contributed by atoms with van der Waals surface area (Å²) in [4.78, 5) is 15.2. The lowest BCUT2D eigenvalue weighted by molar-refractivity contribution is -0.113. The molecular formula is C25H20FNO3S2. The Morgan fingerprint density at radius 1 is 1.06 bits per heavy atom. The van der Waals surface area contributed by atoms with Gasteiger partial charge in [-0.25, -0.2) is 4.39 Å². The minimum Gasteiger partial charge on any atom is -0.495 e. The summed E-state index contributed by atoms with van der Waals surface area (Å²) >= 11 is 6.71. The Hall–Kier alpha value is -3.16. The second kappa shape index (κ2) is 9.54. The molecule has 3 aromatic carbocycles. The van der Waals surface area contributed by atoms with Crippen LogP contribution in [-0.4, -0.2) is 17.3 Å². The van der Waals surface area contributed by atoms with Crippen molar-refractivity contribution in [3.63, 3.8) is 0 Å². The SMILES string of the molecule is COc1ccccc1N1C(=O)/C(=C/c2cc(C)ccc2OCc2ccccc2F)SC1=S. The van der Waals surface area contributed by atoms with E-state index in [0.29, 0.717) is 32.0 Å². The number of halogens is 1. The van der Waals surface area contributed by atoms with Crippen molar-refractivity contribution in [2.45, 2.75) is 13.5 Å². The molecule has 0 spiro atoms. The highest BCUT2D eigenvalue weighted by Crippen LogP contribution is 2.40. The van der Waals surface area contributed by atoms with Gasteiger partial charge in [-0.15, -0.1) is 0 Å². The van der Waals surface area contributed by atoms with E-state index >= 15 is 0 Å². The highest BCUT2D eigenvalue weighted by Gasteiger charge is 2.35. The van der Waals surface area contributed by atoms with E-state index in [1.807, 2.05) is 37.3 Å². The Balaban J connectivity index is 1.64. The van der Waals surface area contributed by atoms with Gasteiger partial charge in [0.25, 0.3) is 5.91 Å². The fourth-order valence-corrected chi connectivity index (χ4v) is 4.59. The summed E-state index contributed by atoms with van der Waals surface area (Å²) in [6.07, 6.45) is 1.76. The number of anilines is 1. The molecule has 162 valence electrons. The molecule has 1 aliphatic heterocycles. The third-order valence-corrected chi connectivity index (χ3v) is 6.21. The average Bonchev–Trinajstić information content (AvgIpc) is 3.06. The molecule has 0 N–H and O–H groups in total. The fourth-order valence-electron chi connectivity index (χ4n) is 3.31. The number of thiocarbonyl (C=S) groups is 1. The Morgan fingerprint density at radius 2 is 1.81 bits per heavy atom. The molecule has 3 aromatic rings. The Kier molecular flexibility index (Phi) is 6.58. The summed E-state index contributed by atoms with van der Waals surface area (Å²) in [5.74, 6) is 0.570. The fraction of sp³-hybridized carbons (Fsp3) is 0.120. The van der Waals surface area contributed by atoms with Crippen LogP contribution in [0.5, 0.6) is 11.5 Å². The molecular weight excluding hydrogens is 445 g/mol. The zero-order chi connectivity index (χ0) is 22.7. The number of ether oxygens (including phenoxy) is 2. The number of carbonyl (C=O) groups excluding carboxylic acids is 1. The average molecular weight is 466 g/mol. The molecule has 0 atom stereocenters.